The zero-order valence-corrected chi connectivity index (χ0v) is 18.9. The van der Waals surface area contributed by atoms with Crippen LogP contribution in [0.15, 0.2) is 41.7 Å². The molecule has 2 N–H and O–H groups in total. The zero-order valence-electron chi connectivity index (χ0n) is 16.6. The summed E-state index contributed by atoms with van der Waals surface area (Å²) in [5.41, 5.74) is 1.24. The van der Waals surface area contributed by atoms with E-state index in [0.29, 0.717) is 13.2 Å². The molecule has 1 aromatic heterocycles. The lowest BCUT2D eigenvalue weighted by molar-refractivity contribution is 0.322. The van der Waals surface area contributed by atoms with Crippen molar-refractivity contribution in [3.63, 3.8) is 0 Å². The Morgan fingerprint density at radius 1 is 1.15 bits per heavy atom. The number of nitrogens with one attached hydrogen (secondary N) is 2. The maximum Gasteiger partial charge on any atom is 0.191 e. The highest BCUT2D eigenvalue weighted by Crippen LogP contribution is 2.10. The van der Waals surface area contributed by atoms with Gasteiger partial charge >= 0.3 is 0 Å². The number of aliphatic imine (C=N–C) groups is 1. The van der Waals surface area contributed by atoms with Crippen LogP contribution in [0.3, 0.4) is 0 Å². The number of halogens is 1. The summed E-state index contributed by atoms with van der Waals surface area (Å²) >= 11 is 0. The quantitative estimate of drug-likeness (QED) is 0.234. The lowest BCUT2D eigenvalue weighted by Crippen LogP contribution is -2.39. The molecular formula is C20H32IN5O. The number of hydrogen-bond donors (Lipinski definition) is 2. The fourth-order valence-corrected chi connectivity index (χ4v) is 2.54. The van der Waals surface area contributed by atoms with Crippen molar-refractivity contribution >= 4 is 29.9 Å². The summed E-state index contributed by atoms with van der Waals surface area (Å²) in [6.45, 7) is 10.1. The number of ether oxygens (including phenoxy) is 1. The zero-order chi connectivity index (χ0) is 18.6. The highest BCUT2D eigenvalue weighted by Gasteiger charge is 1.99. The molecule has 0 atom stereocenters. The Kier molecular flexibility index (Phi) is 11.6. The van der Waals surface area contributed by atoms with E-state index in [-0.39, 0.29) is 24.0 Å². The maximum absolute atomic E-state index is 5.73. The molecule has 1 aromatic carbocycles. The van der Waals surface area contributed by atoms with Crippen molar-refractivity contribution in [2.75, 3.05) is 26.2 Å². The third-order valence-corrected chi connectivity index (χ3v) is 4.03. The average Bonchev–Trinajstić information content (AvgIpc) is 3.04. The van der Waals surface area contributed by atoms with E-state index in [9.17, 15) is 0 Å². The Bertz CT molecular complexity index is 669. The third kappa shape index (κ3) is 9.12. The number of rotatable bonds is 10. The first-order chi connectivity index (χ1) is 12.7. The molecule has 0 aliphatic heterocycles. The van der Waals surface area contributed by atoms with Crippen LogP contribution in [0.5, 0.6) is 5.75 Å². The minimum Gasteiger partial charge on any atom is -0.492 e. The average molecular weight is 485 g/mol. The van der Waals surface area contributed by atoms with Crippen LogP contribution in [-0.2, 0) is 6.54 Å². The van der Waals surface area contributed by atoms with Gasteiger partial charge in [0.2, 0.25) is 0 Å². The van der Waals surface area contributed by atoms with Crippen LogP contribution in [0.1, 0.15) is 31.2 Å². The van der Waals surface area contributed by atoms with E-state index in [0.717, 1.165) is 50.0 Å². The lowest BCUT2D eigenvalue weighted by atomic mass is 10.2. The molecule has 0 aliphatic rings. The molecule has 0 fully saturated rings. The van der Waals surface area contributed by atoms with Gasteiger partial charge in [-0.25, -0.2) is 4.98 Å². The molecule has 0 bridgehead atoms. The highest BCUT2D eigenvalue weighted by atomic mass is 127. The molecule has 150 valence electrons. The molecule has 0 amide bonds. The lowest BCUT2D eigenvalue weighted by Gasteiger charge is -2.12. The van der Waals surface area contributed by atoms with Crippen molar-refractivity contribution in [3.8, 4) is 5.75 Å². The van der Waals surface area contributed by atoms with Crippen molar-refractivity contribution < 1.29 is 4.74 Å². The van der Waals surface area contributed by atoms with Crippen molar-refractivity contribution in [3.05, 3.63) is 48.0 Å². The Balaban J connectivity index is 0.00000364. The van der Waals surface area contributed by atoms with E-state index >= 15 is 0 Å². The van der Waals surface area contributed by atoms with Gasteiger partial charge in [0, 0.05) is 32.0 Å². The molecule has 1 heterocycles. The van der Waals surface area contributed by atoms with Crippen molar-refractivity contribution in [1.82, 2.24) is 20.2 Å². The van der Waals surface area contributed by atoms with E-state index in [1.165, 1.54) is 5.56 Å². The van der Waals surface area contributed by atoms with Gasteiger partial charge in [0.25, 0.3) is 0 Å². The van der Waals surface area contributed by atoms with Crippen LogP contribution in [-0.4, -0.2) is 41.8 Å². The Hall–Kier alpha value is -1.77. The molecule has 6 nitrogen and oxygen atoms in total. The Morgan fingerprint density at radius 3 is 2.59 bits per heavy atom. The van der Waals surface area contributed by atoms with Gasteiger partial charge in [-0.3, -0.25) is 4.99 Å². The van der Waals surface area contributed by atoms with Crippen LogP contribution >= 0.6 is 24.0 Å². The van der Waals surface area contributed by atoms with Crippen molar-refractivity contribution in [2.45, 2.75) is 40.2 Å². The predicted molar refractivity (Wildman–Crippen MR) is 122 cm³/mol. The molecule has 7 heteroatoms. The van der Waals surface area contributed by atoms with Gasteiger partial charge in [0.1, 0.15) is 18.2 Å². The fourth-order valence-electron chi connectivity index (χ4n) is 2.54. The number of hydrogen-bond acceptors (Lipinski definition) is 3. The second-order valence-corrected chi connectivity index (χ2v) is 6.22. The second-order valence-electron chi connectivity index (χ2n) is 6.22. The van der Waals surface area contributed by atoms with Gasteiger partial charge in [-0.2, -0.15) is 0 Å². The first kappa shape index (κ1) is 23.3. The standard InChI is InChI=1S/C20H31N5O.HI/c1-4-21-20(23-11-5-6-14-25-15-12-22-18(25)3)24-13-16-26-19-9-7-17(2)8-10-19;/h7-10,12,15H,4-6,11,13-14,16H2,1-3H3,(H2,21,23,24);1H. The predicted octanol–water partition coefficient (Wildman–Crippen LogP) is 3.53. The molecule has 0 aliphatic carbocycles. The topological polar surface area (TPSA) is 63.5 Å². The van der Waals surface area contributed by atoms with Gasteiger partial charge in [-0.1, -0.05) is 17.7 Å². The number of unbranched alkanes of at least 4 members (excludes halogenated alkanes) is 1. The van der Waals surface area contributed by atoms with Gasteiger partial charge in [0.05, 0.1) is 6.54 Å². The number of benzene rings is 1. The van der Waals surface area contributed by atoms with Gasteiger partial charge in [-0.05, 0) is 45.7 Å². The largest absolute Gasteiger partial charge is 0.492 e. The molecule has 0 spiro atoms. The SMILES string of the molecule is CCNC(=NCCCCn1ccnc1C)NCCOc1ccc(C)cc1.I. The maximum atomic E-state index is 5.73. The molecule has 0 radical (unpaired) electrons. The summed E-state index contributed by atoms with van der Waals surface area (Å²) in [5, 5.41) is 6.59. The fraction of sp³-hybridized carbons (Fsp3) is 0.500. The normalized spacial score (nSPS) is 11.0. The Morgan fingerprint density at radius 2 is 1.93 bits per heavy atom. The highest BCUT2D eigenvalue weighted by molar-refractivity contribution is 14.0. The molecule has 2 rings (SSSR count). The van der Waals surface area contributed by atoms with Gasteiger partial charge in [0.15, 0.2) is 5.96 Å². The molecule has 0 saturated carbocycles. The molecule has 0 saturated heterocycles. The minimum absolute atomic E-state index is 0. The summed E-state index contributed by atoms with van der Waals surface area (Å²) in [5.74, 6) is 2.81. The second kappa shape index (κ2) is 13.4. The first-order valence-electron chi connectivity index (χ1n) is 9.38. The number of guanidine groups is 1. The van der Waals surface area contributed by atoms with E-state index in [1.54, 1.807) is 0 Å². The molecular weight excluding hydrogens is 453 g/mol. The summed E-state index contributed by atoms with van der Waals surface area (Å²) in [4.78, 5) is 8.86. The number of aryl methyl sites for hydroxylation is 3. The van der Waals surface area contributed by atoms with Crippen molar-refractivity contribution in [1.29, 1.82) is 0 Å². The van der Waals surface area contributed by atoms with Crippen LogP contribution in [0.25, 0.3) is 0 Å². The first-order valence-corrected chi connectivity index (χ1v) is 9.38. The minimum atomic E-state index is 0. The smallest absolute Gasteiger partial charge is 0.191 e. The van der Waals surface area contributed by atoms with Crippen LogP contribution < -0.4 is 15.4 Å². The Labute approximate surface area is 179 Å². The number of aromatic nitrogens is 2. The third-order valence-electron chi connectivity index (χ3n) is 4.03. The monoisotopic (exact) mass is 485 g/mol. The molecule has 27 heavy (non-hydrogen) atoms. The molecule has 2 aromatic rings. The summed E-state index contributed by atoms with van der Waals surface area (Å²) in [6, 6.07) is 8.10. The van der Waals surface area contributed by atoms with Crippen molar-refractivity contribution in [2.24, 2.45) is 4.99 Å². The van der Waals surface area contributed by atoms with Gasteiger partial charge < -0.3 is 19.9 Å². The summed E-state index contributed by atoms with van der Waals surface area (Å²) in [6.07, 6.45) is 6.02. The van der Waals surface area contributed by atoms with E-state index in [1.807, 2.05) is 31.5 Å². The van der Waals surface area contributed by atoms with Gasteiger partial charge in [-0.15, -0.1) is 24.0 Å². The van der Waals surface area contributed by atoms with Crippen LogP contribution in [0.2, 0.25) is 0 Å². The van der Waals surface area contributed by atoms with E-state index < -0.39 is 0 Å². The van der Waals surface area contributed by atoms with Crippen LogP contribution in [0.4, 0.5) is 0 Å². The number of nitrogens with zero attached hydrogens (tertiary/aromatic N) is 3. The van der Waals surface area contributed by atoms with E-state index in [2.05, 4.69) is 51.2 Å². The summed E-state index contributed by atoms with van der Waals surface area (Å²) in [7, 11) is 0. The van der Waals surface area contributed by atoms with E-state index in [4.69, 9.17) is 4.74 Å². The summed E-state index contributed by atoms with van der Waals surface area (Å²) < 4.78 is 7.91. The molecule has 0 unspecified atom stereocenters. The van der Waals surface area contributed by atoms with Crippen LogP contribution in [0, 0.1) is 13.8 Å². The number of imidazole rings is 1.